The van der Waals surface area contributed by atoms with Gasteiger partial charge in [0.15, 0.2) is 23.3 Å². The lowest BCUT2D eigenvalue weighted by molar-refractivity contribution is 0.0900. The van der Waals surface area contributed by atoms with E-state index in [1.54, 1.807) is 6.92 Å². The second kappa shape index (κ2) is 6.16. The highest BCUT2D eigenvalue weighted by Crippen LogP contribution is 2.37. The maximum Gasteiger partial charge on any atom is 0.200 e. The van der Waals surface area contributed by atoms with E-state index >= 15 is 0 Å². The van der Waals surface area contributed by atoms with Gasteiger partial charge in [0.2, 0.25) is 5.82 Å². The number of rotatable bonds is 4. The van der Waals surface area contributed by atoms with Gasteiger partial charge in [-0.15, -0.1) is 0 Å². The summed E-state index contributed by atoms with van der Waals surface area (Å²) in [5.41, 5.74) is -3.84. The summed E-state index contributed by atoms with van der Waals surface area (Å²) in [7, 11) is 0. The molecule has 2 rings (SSSR count). The van der Waals surface area contributed by atoms with E-state index in [2.05, 4.69) is 0 Å². The van der Waals surface area contributed by atoms with E-state index in [-0.39, 0.29) is 11.3 Å². The predicted molar refractivity (Wildman–Crippen MR) is 72.5 cm³/mol. The number of hydrogen-bond acceptors (Lipinski definition) is 2. The van der Waals surface area contributed by atoms with Crippen molar-refractivity contribution in [1.82, 2.24) is 0 Å². The first-order valence-corrected chi connectivity index (χ1v) is 6.69. The molecule has 0 radical (unpaired) electrons. The highest BCUT2D eigenvalue weighted by atomic mass is 19.2. The molecule has 0 saturated heterocycles. The summed E-state index contributed by atoms with van der Waals surface area (Å²) >= 11 is 0. The fraction of sp³-hybridized carbons (Fsp3) is 0.250. The van der Waals surface area contributed by atoms with Crippen molar-refractivity contribution in [2.75, 3.05) is 6.61 Å². The smallest absolute Gasteiger partial charge is 0.200 e. The van der Waals surface area contributed by atoms with E-state index in [0.29, 0.717) is 6.61 Å². The average Bonchev–Trinajstić information content (AvgIpc) is 2.51. The molecule has 2 aromatic carbocycles. The highest BCUT2D eigenvalue weighted by Gasteiger charge is 2.38. The van der Waals surface area contributed by atoms with Gasteiger partial charge < -0.3 is 9.84 Å². The van der Waals surface area contributed by atoms with E-state index in [9.17, 15) is 27.1 Å². The maximum atomic E-state index is 13.9. The highest BCUT2D eigenvalue weighted by molar-refractivity contribution is 5.41. The molecule has 0 spiro atoms. The minimum absolute atomic E-state index is 0.0772. The molecule has 0 bridgehead atoms. The second-order valence-corrected chi connectivity index (χ2v) is 4.98. The van der Waals surface area contributed by atoms with Crippen LogP contribution in [0.5, 0.6) is 5.75 Å². The Labute approximate surface area is 129 Å². The molecule has 2 aromatic rings. The van der Waals surface area contributed by atoms with Gasteiger partial charge in [0.25, 0.3) is 0 Å². The number of halogens is 5. The molecule has 0 aliphatic rings. The van der Waals surface area contributed by atoms with Crippen LogP contribution in [0.1, 0.15) is 25.0 Å². The SMILES string of the molecule is CCOc1cccc(C(C)(O)c2c(F)c(F)c(F)c(F)c2F)c1. The van der Waals surface area contributed by atoms with Gasteiger partial charge in [0.1, 0.15) is 11.4 Å². The van der Waals surface area contributed by atoms with E-state index in [1.165, 1.54) is 24.3 Å². The molecule has 0 heterocycles. The fourth-order valence-electron chi connectivity index (χ4n) is 2.23. The molecule has 124 valence electrons. The molecular weight excluding hydrogens is 319 g/mol. The van der Waals surface area contributed by atoms with Crippen molar-refractivity contribution in [2.24, 2.45) is 0 Å². The van der Waals surface area contributed by atoms with Crippen molar-refractivity contribution >= 4 is 0 Å². The lowest BCUT2D eigenvalue weighted by atomic mass is 9.87. The van der Waals surface area contributed by atoms with Crippen LogP contribution < -0.4 is 4.74 Å². The Bertz CT molecular complexity index is 714. The van der Waals surface area contributed by atoms with Crippen LogP contribution in [-0.2, 0) is 5.60 Å². The van der Waals surface area contributed by atoms with Crippen molar-refractivity contribution < 1.29 is 31.8 Å². The molecule has 1 N–H and O–H groups in total. The number of benzene rings is 2. The quantitative estimate of drug-likeness (QED) is 0.520. The largest absolute Gasteiger partial charge is 0.494 e. The zero-order chi connectivity index (χ0) is 17.4. The third-order valence-electron chi connectivity index (χ3n) is 3.40. The van der Waals surface area contributed by atoms with Crippen LogP contribution in [0.25, 0.3) is 0 Å². The topological polar surface area (TPSA) is 29.5 Å². The van der Waals surface area contributed by atoms with Gasteiger partial charge in [0.05, 0.1) is 12.2 Å². The van der Waals surface area contributed by atoms with Gasteiger partial charge in [-0.25, -0.2) is 22.0 Å². The molecule has 0 saturated carbocycles. The Morgan fingerprint density at radius 3 is 2.00 bits per heavy atom. The van der Waals surface area contributed by atoms with Gasteiger partial charge >= 0.3 is 0 Å². The first-order chi connectivity index (χ1) is 10.7. The van der Waals surface area contributed by atoms with E-state index < -0.39 is 40.3 Å². The van der Waals surface area contributed by atoms with Crippen LogP contribution in [-0.4, -0.2) is 11.7 Å². The van der Waals surface area contributed by atoms with Crippen LogP contribution >= 0.6 is 0 Å². The minimum Gasteiger partial charge on any atom is -0.494 e. The average molecular weight is 332 g/mol. The first-order valence-electron chi connectivity index (χ1n) is 6.69. The summed E-state index contributed by atoms with van der Waals surface area (Å²) in [5, 5.41) is 10.5. The molecule has 2 nitrogen and oxygen atoms in total. The monoisotopic (exact) mass is 332 g/mol. The molecular formula is C16H13F5O2. The van der Waals surface area contributed by atoms with E-state index in [4.69, 9.17) is 4.74 Å². The zero-order valence-electron chi connectivity index (χ0n) is 12.3. The van der Waals surface area contributed by atoms with Gasteiger partial charge in [0, 0.05) is 0 Å². The first kappa shape index (κ1) is 17.2. The van der Waals surface area contributed by atoms with Crippen molar-refractivity contribution in [2.45, 2.75) is 19.4 Å². The van der Waals surface area contributed by atoms with E-state index in [1.807, 2.05) is 0 Å². The van der Waals surface area contributed by atoms with Crippen molar-refractivity contribution in [3.05, 3.63) is 64.5 Å². The molecule has 1 atom stereocenters. The van der Waals surface area contributed by atoms with Gasteiger partial charge in [-0.2, -0.15) is 0 Å². The molecule has 23 heavy (non-hydrogen) atoms. The molecule has 0 fully saturated rings. The molecule has 0 amide bonds. The van der Waals surface area contributed by atoms with Gasteiger partial charge in [-0.3, -0.25) is 0 Å². The second-order valence-electron chi connectivity index (χ2n) is 4.98. The zero-order valence-corrected chi connectivity index (χ0v) is 12.3. The summed E-state index contributed by atoms with van der Waals surface area (Å²) in [4.78, 5) is 0. The lowest BCUT2D eigenvalue weighted by Crippen LogP contribution is -2.28. The van der Waals surface area contributed by atoms with Crippen LogP contribution in [0.15, 0.2) is 24.3 Å². The van der Waals surface area contributed by atoms with Crippen molar-refractivity contribution in [3.8, 4) is 5.75 Å². The van der Waals surface area contributed by atoms with Crippen molar-refractivity contribution in [1.29, 1.82) is 0 Å². The number of ether oxygens (including phenoxy) is 1. The fourth-order valence-corrected chi connectivity index (χ4v) is 2.23. The van der Waals surface area contributed by atoms with Gasteiger partial charge in [-0.05, 0) is 31.5 Å². The summed E-state index contributed by atoms with van der Waals surface area (Å²) in [6, 6.07) is 5.52. The van der Waals surface area contributed by atoms with Crippen LogP contribution in [0.4, 0.5) is 22.0 Å². The van der Waals surface area contributed by atoms with E-state index in [0.717, 1.165) is 6.92 Å². The predicted octanol–water partition coefficient (Wildman–Crippen LogP) is 4.04. The van der Waals surface area contributed by atoms with Crippen LogP contribution in [0.2, 0.25) is 0 Å². The third kappa shape index (κ3) is 2.88. The summed E-state index contributed by atoms with van der Waals surface area (Å²) in [6.07, 6.45) is 0. The summed E-state index contributed by atoms with van der Waals surface area (Å²) < 4.78 is 72.9. The standard InChI is InChI=1S/C16H13F5O2/c1-3-23-9-6-4-5-8(7-9)16(2,22)10-11(17)13(19)15(21)14(20)12(10)18/h4-7,22H,3H2,1-2H3. The lowest BCUT2D eigenvalue weighted by Gasteiger charge is -2.26. The maximum absolute atomic E-state index is 13.9. The third-order valence-corrected chi connectivity index (χ3v) is 3.40. The van der Waals surface area contributed by atoms with Crippen LogP contribution in [0.3, 0.4) is 0 Å². The van der Waals surface area contributed by atoms with Gasteiger partial charge in [-0.1, -0.05) is 12.1 Å². The summed E-state index contributed by atoms with van der Waals surface area (Å²) in [5.74, 6) is -10.4. The molecule has 0 aromatic heterocycles. The molecule has 7 heteroatoms. The number of aliphatic hydroxyl groups is 1. The molecule has 0 aliphatic heterocycles. The Hall–Kier alpha value is -2.15. The van der Waals surface area contributed by atoms with Crippen LogP contribution in [0, 0.1) is 29.1 Å². The Kier molecular flexibility index (Phi) is 4.61. The van der Waals surface area contributed by atoms with Crippen molar-refractivity contribution in [3.63, 3.8) is 0 Å². The molecule has 0 aliphatic carbocycles. The Balaban J connectivity index is 2.67. The normalized spacial score (nSPS) is 13.7. The minimum atomic E-state index is -2.45. The molecule has 1 unspecified atom stereocenters. The Morgan fingerprint density at radius 2 is 1.48 bits per heavy atom. The number of hydrogen-bond donors (Lipinski definition) is 1. The summed E-state index contributed by atoms with van der Waals surface area (Å²) in [6.45, 7) is 2.94. The Morgan fingerprint density at radius 1 is 0.957 bits per heavy atom.